The van der Waals surface area contributed by atoms with Crippen molar-refractivity contribution in [3.63, 3.8) is 0 Å². The van der Waals surface area contributed by atoms with Gasteiger partial charge in [0.15, 0.2) is 0 Å². The summed E-state index contributed by atoms with van der Waals surface area (Å²) in [5.41, 5.74) is 2.20. The fourth-order valence-electron chi connectivity index (χ4n) is 4.12. The standard InChI is InChI=1S/C19H23N3O2/c1-20-18(23)16-12-21(14-8-4-2-5-9-14)13-22(17(16)19(20)24)15-10-6-3-7-11-15/h3,6-7,10-11,14H,2,4-5,8-9,12-13H2,1H3. The number of anilines is 1. The summed E-state index contributed by atoms with van der Waals surface area (Å²) in [6.07, 6.45) is 6.18. The van der Waals surface area contributed by atoms with E-state index in [1.807, 2.05) is 35.2 Å². The number of amides is 2. The Morgan fingerprint density at radius 2 is 1.67 bits per heavy atom. The number of para-hydroxylation sites is 1. The maximum atomic E-state index is 12.6. The molecule has 4 rings (SSSR count). The minimum atomic E-state index is -0.179. The van der Waals surface area contributed by atoms with Gasteiger partial charge in [-0.15, -0.1) is 0 Å². The van der Waals surface area contributed by atoms with Gasteiger partial charge in [0.1, 0.15) is 5.70 Å². The molecule has 0 radical (unpaired) electrons. The fraction of sp³-hybridized carbons (Fsp3) is 0.474. The van der Waals surface area contributed by atoms with Crippen molar-refractivity contribution >= 4 is 17.5 Å². The number of benzene rings is 1. The van der Waals surface area contributed by atoms with Gasteiger partial charge in [-0.25, -0.2) is 0 Å². The van der Waals surface area contributed by atoms with Gasteiger partial charge in [0.05, 0.1) is 12.2 Å². The van der Waals surface area contributed by atoms with Gasteiger partial charge in [-0.3, -0.25) is 19.4 Å². The van der Waals surface area contributed by atoms with Gasteiger partial charge in [-0.05, 0) is 25.0 Å². The van der Waals surface area contributed by atoms with E-state index < -0.39 is 0 Å². The molecule has 0 bridgehead atoms. The molecule has 3 aliphatic rings. The minimum Gasteiger partial charge on any atom is -0.323 e. The van der Waals surface area contributed by atoms with Gasteiger partial charge < -0.3 is 4.90 Å². The van der Waals surface area contributed by atoms with Crippen molar-refractivity contribution in [2.75, 3.05) is 25.2 Å². The van der Waals surface area contributed by atoms with Crippen LogP contribution < -0.4 is 4.90 Å². The van der Waals surface area contributed by atoms with Gasteiger partial charge in [-0.1, -0.05) is 37.5 Å². The highest BCUT2D eigenvalue weighted by atomic mass is 16.2. The molecule has 2 heterocycles. The number of nitrogens with zero attached hydrogens (tertiary/aromatic N) is 3. The second kappa shape index (κ2) is 6.06. The molecule has 2 aliphatic heterocycles. The number of rotatable bonds is 2. The second-order valence-electron chi connectivity index (χ2n) is 6.94. The van der Waals surface area contributed by atoms with Crippen LogP contribution >= 0.6 is 0 Å². The molecule has 0 unspecified atom stereocenters. The normalized spacial score (nSPS) is 23.2. The zero-order chi connectivity index (χ0) is 16.7. The van der Waals surface area contributed by atoms with Gasteiger partial charge in [0.2, 0.25) is 0 Å². The lowest BCUT2D eigenvalue weighted by molar-refractivity contribution is -0.135. The molecule has 126 valence electrons. The molecular formula is C19H23N3O2. The molecule has 1 aliphatic carbocycles. The Bertz CT molecular complexity index is 692. The third-order valence-corrected chi connectivity index (χ3v) is 5.47. The van der Waals surface area contributed by atoms with Crippen LogP contribution in [0.2, 0.25) is 0 Å². The van der Waals surface area contributed by atoms with Crippen LogP contribution in [0.15, 0.2) is 41.6 Å². The number of hydrogen-bond donors (Lipinski definition) is 0. The molecule has 1 aromatic carbocycles. The van der Waals surface area contributed by atoms with Crippen LogP contribution in [0.5, 0.6) is 0 Å². The molecular weight excluding hydrogens is 302 g/mol. The zero-order valence-electron chi connectivity index (χ0n) is 14.1. The Labute approximate surface area is 142 Å². The summed E-state index contributed by atoms with van der Waals surface area (Å²) in [6, 6.07) is 10.4. The average molecular weight is 325 g/mol. The average Bonchev–Trinajstić information content (AvgIpc) is 2.87. The van der Waals surface area contributed by atoms with Crippen molar-refractivity contribution in [2.45, 2.75) is 38.1 Å². The van der Waals surface area contributed by atoms with Gasteiger partial charge in [0.25, 0.3) is 11.8 Å². The predicted octanol–water partition coefficient (Wildman–Crippen LogP) is 2.35. The van der Waals surface area contributed by atoms with E-state index in [0.29, 0.717) is 30.5 Å². The molecule has 0 N–H and O–H groups in total. The van der Waals surface area contributed by atoms with Crippen molar-refractivity contribution in [1.29, 1.82) is 0 Å². The maximum absolute atomic E-state index is 12.6. The van der Waals surface area contributed by atoms with E-state index in [9.17, 15) is 9.59 Å². The molecule has 2 amide bonds. The summed E-state index contributed by atoms with van der Waals surface area (Å²) >= 11 is 0. The molecule has 5 nitrogen and oxygen atoms in total. The Balaban J connectivity index is 1.72. The van der Waals surface area contributed by atoms with Gasteiger partial charge in [0, 0.05) is 25.3 Å². The summed E-state index contributed by atoms with van der Waals surface area (Å²) in [4.78, 5) is 30.8. The Morgan fingerprint density at radius 1 is 0.958 bits per heavy atom. The van der Waals surface area contributed by atoms with E-state index in [-0.39, 0.29) is 11.8 Å². The van der Waals surface area contributed by atoms with E-state index in [0.717, 1.165) is 5.69 Å². The smallest absolute Gasteiger partial charge is 0.277 e. The number of imide groups is 1. The minimum absolute atomic E-state index is 0.142. The first-order chi connectivity index (χ1) is 11.7. The zero-order valence-corrected chi connectivity index (χ0v) is 14.1. The van der Waals surface area contributed by atoms with Crippen molar-refractivity contribution in [2.24, 2.45) is 0 Å². The SMILES string of the molecule is CN1C(=O)C2=C(C1=O)N(c1ccccc1)CN(C1CCCCC1)C2. The Hall–Kier alpha value is -2.14. The largest absolute Gasteiger partial charge is 0.323 e. The topological polar surface area (TPSA) is 43.9 Å². The highest BCUT2D eigenvalue weighted by Gasteiger charge is 2.44. The molecule has 24 heavy (non-hydrogen) atoms. The van der Waals surface area contributed by atoms with E-state index in [1.165, 1.54) is 37.0 Å². The number of hydrogen-bond acceptors (Lipinski definition) is 4. The molecule has 1 fully saturated rings. The third-order valence-electron chi connectivity index (χ3n) is 5.47. The maximum Gasteiger partial charge on any atom is 0.277 e. The molecule has 0 saturated heterocycles. The molecule has 1 saturated carbocycles. The Kier molecular flexibility index (Phi) is 3.88. The highest BCUT2D eigenvalue weighted by Crippen LogP contribution is 2.34. The number of carbonyl (C=O) groups excluding carboxylic acids is 2. The summed E-state index contributed by atoms with van der Waals surface area (Å²) < 4.78 is 0. The van der Waals surface area contributed by atoms with Crippen molar-refractivity contribution in [3.05, 3.63) is 41.6 Å². The first-order valence-corrected chi connectivity index (χ1v) is 8.79. The van der Waals surface area contributed by atoms with Gasteiger partial charge in [-0.2, -0.15) is 0 Å². The summed E-state index contributed by atoms with van der Waals surface area (Å²) in [6.45, 7) is 1.28. The van der Waals surface area contributed by atoms with Crippen LogP contribution in [0.4, 0.5) is 5.69 Å². The first kappa shape index (κ1) is 15.4. The molecule has 5 heteroatoms. The third kappa shape index (κ3) is 2.44. The summed E-state index contributed by atoms with van der Waals surface area (Å²) in [7, 11) is 1.58. The van der Waals surface area contributed by atoms with Gasteiger partial charge >= 0.3 is 0 Å². The highest BCUT2D eigenvalue weighted by molar-refractivity contribution is 6.21. The molecule has 0 atom stereocenters. The fourth-order valence-corrected chi connectivity index (χ4v) is 4.12. The lowest BCUT2D eigenvalue weighted by atomic mass is 9.93. The number of likely N-dealkylation sites (N-methyl/N-ethyl adjacent to an activating group) is 1. The molecule has 0 aromatic heterocycles. The van der Waals surface area contributed by atoms with E-state index in [1.54, 1.807) is 7.05 Å². The van der Waals surface area contributed by atoms with Crippen molar-refractivity contribution in [1.82, 2.24) is 9.80 Å². The lowest BCUT2D eigenvalue weighted by Crippen LogP contribution is -2.49. The van der Waals surface area contributed by atoms with E-state index in [4.69, 9.17) is 0 Å². The first-order valence-electron chi connectivity index (χ1n) is 8.79. The van der Waals surface area contributed by atoms with Crippen LogP contribution in [-0.2, 0) is 9.59 Å². The predicted molar refractivity (Wildman–Crippen MR) is 92.2 cm³/mol. The van der Waals surface area contributed by atoms with Crippen molar-refractivity contribution < 1.29 is 9.59 Å². The van der Waals surface area contributed by atoms with E-state index in [2.05, 4.69) is 4.90 Å². The molecule has 0 spiro atoms. The lowest BCUT2D eigenvalue weighted by Gasteiger charge is -2.41. The molecule has 1 aromatic rings. The second-order valence-corrected chi connectivity index (χ2v) is 6.94. The summed E-state index contributed by atoms with van der Waals surface area (Å²) in [5.74, 6) is -0.321. The van der Waals surface area contributed by atoms with Crippen LogP contribution in [0.1, 0.15) is 32.1 Å². The van der Waals surface area contributed by atoms with Crippen molar-refractivity contribution in [3.8, 4) is 0 Å². The van der Waals surface area contributed by atoms with Crippen LogP contribution in [0, 0.1) is 0 Å². The van der Waals surface area contributed by atoms with Crippen LogP contribution in [0.25, 0.3) is 0 Å². The quantitative estimate of drug-likeness (QED) is 0.783. The van der Waals surface area contributed by atoms with Crippen LogP contribution in [0.3, 0.4) is 0 Å². The number of carbonyl (C=O) groups is 2. The monoisotopic (exact) mass is 325 g/mol. The summed E-state index contributed by atoms with van der Waals surface area (Å²) in [5, 5.41) is 0. The van der Waals surface area contributed by atoms with E-state index >= 15 is 0 Å². The van der Waals surface area contributed by atoms with Crippen LogP contribution in [-0.4, -0.2) is 47.9 Å². The Morgan fingerprint density at radius 3 is 2.38 bits per heavy atom.